The molecule has 0 aliphatic rings. The molecule has 4 rings (SSSR count). The highest BCUT2D eigenvalue weighted by Gasteiger charge is 2.20. The molecule has 0 aliphatic heterocycles. The Balaban J connectivity index is 1.51. The summed E-state index contributed by atoms with van der Waals surface area (Å²) in [4.78, 5) is 5.84. The zero-order chi connectivity index (χ0) is 19.3. The standard InChI is InChI=1S/C22H20ClN3OS/c1-2-15-5-7-16(8-6-15)21(19-4-3-13-28-19)24-14-20-25-22(26-27-20)17-9-11-18(23)12-10-17/h3-13,21,24H,2,14H2,1H3/p+1/t21-/m1/s1. The van der Waals surface area contributed by atoms with Gasteiger partial charge in [-0.25, -0.2) is 0 Å². The van der Waals surface area contributed by atoms with Crippen LogP contribution in [0.3, 0.4) is 0 Å². The minimum Gasteiger partial charge on any atom is -0.333 e. The van der Waals surface area contributed by atoms with Crippen molar-refractivity contribution >= 4 is 22.9 Å². The van der Waals surface area contributed by atoms with Crippen LogP contribution in [0.15, 0.2) is 70.6 Å². The van der Waals surface area contributed by atoms with Gasteiger partial charge in [0.1, 0.15) is 6.04 Å². The highest BCUT2D eigenvalue weighted by atomic mass is 35.5. The van der Waals surface area contributed by atoms with E-state index in [1.807, 2.05) is 24.3 Å². The molecular formula is C22H21ClN3OS+. The molecule has 0 saturated heterocycles. The van der Waals surface area contributed by atoms with Gasteiger partial charge in [0, 0.05) is 16.1 Å². The van der Waals surface area contributed by atoms with Gasteiger partial charge in [-0.05, 0) is 47.7 Å². The molecule has 1 atom stereocenters. The molecule has 0 fully saturated rings. The van der Waals surface area contributed by atoms with Gasteiger partial charge in [-0.3, -0.25) is 0 Å². The highest BCUT2D eigenvalue weighted by Crippen LogP contribution is 2.24. The van der Waals surface area contributed by atoms with Crippen molar-refractivity contribution in [1.82, 2.24) is 10.1 Å². The molecule has 142 valence electrons. The van der Waals surface area contributed by atoms with E-state index < -0.39 is 0 Å². The number of halogens is 1. The van der Waals surface area contributed by atoms with E-state index in [2.05, 4.69) is 64.2 Å². The molecule has 0 spiro atoms. The average Bonchev–Trinajstić information content (AvgIpc) is 3.42. The summed E-state index contributed by atoms with van der Waals surface area (Å²) in [6.45, 7) is 2.78. The fourth-order valence-corrected chi connectivity index (χ4v) is 4.09. The number of rotatable bonds is 7. The van der Waals surface area contributed by atoms with Crippen molar-refractivity contribution in [3.63, 3.8) is 0 Å². The zero-order valence-electron chi connectivity index (χ0n) is 15.5. The minimum absolute atomic E-state index is 0.205. The Labute approximate surface area is 173 Å². The van der Waals surface area contributed by atoms with Gasteiger partial charge in [0.2, 0.25) is 5.82 Å². The van der Waals surface area contributed by atoms with E-state index in [1.54, 1.807) is 11.3 Å². The number of aromatic nitrogens is 2. The van der Waals surface area contributed by atoms with Crippen molar-refractivity contribution in [2.24, 2.45) is 0 Å². The van der Waals surface area contributed by atoms with Crippen LogP contribution >= 0.6 is 22.9 Å². The predicted octanol–water partition coefficient (Wildman–Crippen LogP) is 4.87. The van der Waals surface area contributed by atoms with E-state index in [0.717, 1.165) is 12.0 Å². The lowest BCUT2D eigenvalue weighted by Crippen LogP contribution is -2.83. The third-order valence-corrected chi connectivity index (χ3v) is 5.90. The Bertz CT molecular complexity index is 1010. The van der Waals surface area contributed by atoms with Gasteiger partial charge >= 0.3 is 0 Å². The Morgan fingerprint density at radius 3 is 2.54 bits per heavy atom. The van der Waals surface area contributed by atoms with E-state index in [1.165, 1.54) is 16.0 Å². The molecule has 0 radical (unpaired) electrons. The lowest BCUT2D eigenvalue weighted by Gasteiger charge is -2.14. The molecule has 4 aromatic rings. The molecule has 0 saturated carbocycles. The van der Waals surface area contributed by atoms with Gasteiger partial charge in [0.25, 0.3) is 5.89 Å². The molecule has 0 bridgehead atoms. The number of benzene rings is 2. The Morgan fingerprint density at radius 1 is 1.07 bits per heavy atom. The third kappa shape index (κ3) is 4.33. The second-order valence-corrected chi connectivity index (χ2v) is 7.96. The Morgan fingerprint density at radius 2 is 1.86 bits per heavy atom. The van der Waals surface area contributed by atoms with Crippen molar-refractivity contribution in [2.75, 3.05) is 0 Å². The maximum Gasteiger partial charge on any atom is 0.282 e. The molecule has 0 unspecified atom stereocenters. The van der Waals surface area contributed by atoms with Crippen LogP contribution in [-0.2, 0) is 13.0 Å². The number of hydrogen-bond donors (Lipinski definition) is 1. The first-order valence-electron chi connectivity index (χ1n) is 9.27. The molecule has 0 aliphatic carbocycles. The van der Waals surface area contributed by atoms with Crippen molar-refractivity contribution in [3.8, 4) is 11.4 Å². The van der Waals surface area contributed by atoms with Crippen molar-refractivity contribution in [2.45, 2.75) is 25.9 Å². The fourth-order valence-electron chi connectivity index (χ4n) is 3.12. The van der Waals surface area contributed by atoms with Crippen LogP contribution in [-0.4, -0.2) is 10.1 Å². The number of nitrogens with zero attached hydrogens (tertiary/aromatic N) is 2. The van der Waals surface area contributed by atoms with Crippen molar-refractivity contribution in [3.05, 3.63) is 93.0 Å². The van der Waals surface area contributed by atoms with Crippen LogP contribution in [0.2, 0.25) is 5.02 Å². The maximum absolute atomic E-state index is 5.95. The Kier molecular flexibility index (Phi) is 5.86. The van der Waals surface area contributed by atoms with Gasteiger partial charge in [-0.15, -0.1) is 11.3 Å². The summed E-state index contributed by atoms with van der Waals surface area (Å²) in [5.74, 6) is 1.19. The molecule has 2 aromatic carbocycles. The first kappa shape index (κ1) is 18.9. The summed E-state index contributed by atoms with van der Waals surface area (Å²) < 4.78 is 5.47. The average molecular weight is 411 g/mol. The van der Waals surface area contributed by atoms with Crippen LogP contribution in [0, 0.1) is 0 Å². The monoisotopic (exact) mass is 410 g/mol. The van der Waals surface area contributed by atoms with Gasteiger partial charge in [-0.2, -0.15) is 4.98 Å². The first-order valence-corrected chi connectivity index (χ1v) is 10.5. The molecule has 4 nitrogen and oxygen atoms in total. The fraction of sp³-hybridized carbons (Fsp3) is 0.182. The van der Waals surface area contributed by atoms with Gasteiger partial charge in [0.05, 0.1) is 4.88 Å². The second kappa shape index (κ2) is 8.69. The molecule has 2 N–H and O–H groups in total. The van der Waals surface area contributed by atoms with Crippen LogP contribution in [0.4, 0.5) is 0 Å². The summed E-state index contributed by atoms with van der Waals surface area (Å²) in [6, 6.07) is 20.7. The smallest absolute Gasteiger partial charge is 0.282 e. The molecular weight excluding hydrogens is 390 g/mol. The van der Waals surface area contributed by atoms with Crippen molar-refractivity contribution < 1.29 is 9.84 Å². The first-order chi connectivity index (χ1) is 13.7. The lowest BCUT2D eigenvalue weighted by molar-refractivity contribution is -0.704. The van der Waals surface area contributed by atoms with Crippen LogP contribution in [0.1, 0.15) is 34.9 Å². The van der Waals surface area contributed by atoms with E-state index in [0.29, 0.717) is 23.3 Å². The van der Waals surface area contributed by atoms with Gasteiger partial charge < -0.3 is 9.84 Å². The molecule has 6 heteroatoms. The zero-order valence-corrected chi connectivity index (χ0v) is 17.1. The second-order valence-electron chi connectivity index (χ2n) is 6.55. The SMILES string of the molecule is CCc1ccc([C@@H]([NH2+]Cc2nc(-c3ccc(Cl)cc3)no2)c2cccs2)cc1. The topological polar surface area (TPSA) is 55.5 Å². The predicted molar refractivity (Wildman–Crippen MR) is 112 cm³/mol. The van der Waals surface area contributed by atoms with Crippen LogP contribution in [0.5, 0.6) is 0 Å². The number of hydrogen-bond acceptors (Lipinski definition) is 4. The van der Waals surface area contributed by atoms with E-state index in [9.17, 15) is 0 Å². The molecule has 2 heterocycles. The normalized spacial score (nSPS) is 12.2. The molecule has 28 heavy (non-hydrogen) atoms. The maximum atomic E-state index is 5.95. The number of nitrogens with two attached hydrogens (primary N) is 1. The van der Waals surface area contributed by atoms with Gasteiger partial charge in [-0.1, -0.05) is 54.0 Å². The third-order valence-electron chi connectivity index (χ3n) is 4.70. The van der Waals surface area contributed by atoms with Crippen LogP contribution in [0.25, 0.3) is 11.4 Å². The summed E-state index contributed by atoms with van der Waals surface area (Å²) in [5, 5.41) is 9.15. The largest absolute Gasteiger partial charge is 0.333 e. The summed E-state index contributed by atoms with van der Waals surface area (Å²) in [7, 11) is 0. The highest BCUT2D eigenvalue weighted by molar-refractivity contribution is 7.10. The van der Waals surface area contributed by atoms with E-state index in [4.69, 9.17) is 16.1 Å². The van der Waals surface area contributed by atoms with Crippen LogP contribution < -0.4 is 5.32 Å². The summed E-state index contributed by atoms with van der Waals surface area (Å²) >= 11 is 7.71. The number of quaternary nitrogens is 1. The number of thiophene rings is 1. The quantitative estimate of drug-likeness (QED) is 0.473. The lowest BCUT2D eigenvalue weighted by atomic mass is 10.0. The summed E-state index contributed by atoms with van der Waals surface area (Å²) in [5.41, 5.74) is 3.51. The van der Waals surface area contributed by atoms with E-state index in [-0.39, 0.29) is 6.04 Å². The van der Waals surface area contributed by atoms with E-state index >= 15 is 0 Å². The molecule has 2 aromatic heterocycles. The van der Waals surface area contributed by atoms with Crippen molar-refractivity contribution in [1.29, 1.82) is 0 Å². The Hall–Kier alpha value is -2.47. The number of aryl methyl sites for hydroxylation is 1. The van der Waals surface area contributed by atoms with Gasteiger partial charge in [0.15, 0.2) is 6.54 Å². The summed E-state index contributed by atoms with van der Waals surface area (Å²) in [6.07, 6.45) is 1.04. The molecule has 0 amide bonds. The minimum atomic E-state index is 0.205.